The molecule has 3 aromatic carbocycles. The summed E-state index contributed by atoms with van der Waals surface area (Å²) in [6.07, 6.45) is 0.773. The quantitative estimate of drug-likeness (QED) is 0.372. The lowest BCUT2D eigenvalue weighted by Gasteiger charge is -2.12. The van der Waals surface area contributed by atoms with Crippen LogP contribution in [0.4, 0.5) is 5.69 Å². The molecule has 176 valence electrons. The molecule has 5 aromatic rings. The minimum absolute atomic E-state index is 0.0569. The number of carbonyl (C=O) groups is 1. The van der Waals surface area contributed by atoms with Crippen molar-refractivity contribution >= 4 is 39.9 Å². The van der Waals surface area contributed by atoms with E-state index in [1.807, 2.05) is 69.3 Å². The van der Waals surface area contributed by atoms with Crippen molar-refractivity contribution < 1.29 is 4.79 Å². The normalized spacial score (nSPS) is 11.3. The second kappa shape index (κ2) is 9.00. The van der Waals surface area contributed by atoms with E-state index in [0.29, 0.717) is 22.6 Å². The minimum Gasteiger partial charge on any atom is -0.319 e. The molecule has 0 aliphatic carbocycles. The summed E-state index contributed by atoms with van der Waals surface area (Å²) in [5.41, 5.74) is 5.83. The Bertz CT molecular complexity index is 1650. The Morgan fingerprint density at radius 1 is 1.03 bits per heavy atom. The van der Waals surface area contributed by atoms with E-state index in [4.69, 9.17) is 11.6 Å². The Morgan fingerprint density at radius 3 is 2.54 bits per heavy atom. The number of benzene rings is 3. The van der Waals surface area contributed by atoms with Gasteiger partial charge in [-0.1, -0.05) is 54.9 Å². The smallest absolute Gasteiger partial charge is 0.296 e. The van der Waals surface area contributed by atoms with E-state index in [-0.39, 0.29) is 17.0 Å². The van der Waals surface area contributed by atoms with E-state index >= 15 is 0 Å². The summed E-state index contributed by atoms with van der Waals surface area (Å²) in [6, 6.07) is 19.0. The van der Waals surface area contributed by atoms with Crippen molar-refractivity contribution in [3.05, 3.63) is 104 Å². The van der Waals surface area contributed by atoms with Crippen molar-refractivity contribution in [1.82, 2.24) is 19.2 Å². The number of halogens is 1. The fraction of sp³-hybridized carbons (Fsp3) is 0.185. The van der Waals surface area contributed by atoms with E-state index < -0.39 is 5.91 Å². The SMILES string of the molecule is CCc1cccc(C)c1NC(=O)c1nc2c(=O)n(Cc3ccc(Cl)cc3)c3cc(C)ccc3n2n1. The molecule has 0 radical (unpaired) electrons. The van der Waals surface area contributed by atoms with E-state index in [9.17, 15) is 9.59 Å². The van der Waals surface area contributed by atoms with Crippen LogP contribution in [0.15, 0.2) is 65.5 Å². The van der Waals surface area contributed by atoms with Crippen LogP contribution in [0.25, 0.3) is 16.7 Å². The molecule has 7 nitrogen and oxygen atoms in total. The molecule has 0 aliphatic rings. The third-order valence-corrected chi connectivity index (χ3v) is 6.38. The maximum absolute atomic E-state index is 13.6. The van der Waals surface area contributed by atoms with Crippen molar-refractivity contribution in [2.45, 2.75) is 33.7 Å². The van der Waals surface area contributed by atoms with Gasteiger partial charge in [-0.3, -0.25) is 14.2 Å². The van der Waals surface area contributed by atoms with Crippen LogP contribution in [0.1, 0.15) is 39.8 Å². The molecule has 0 unspecified atom stereocenters. The molecule has 0 bridgehead atoms. The lowest BCUT2D eigenvalue weighted by Crippen LogP contribution is -2.24. The Balaban J connectivity index is 1.64. The molecular formula is C27H24ClN5O2. The molecule has 0 atom stereocenters. The first-order valence-corrected chi connectivity index (χ1v) is 11.8. The van der Waals surface area contributed by atoms with Crippen molar-refractivity contribution in [2.24, 2.45) is 0 Å². The highest BCUT2D eigenvalue weighted by Gasteiger charge is 2.20. The van der Waals surface area contributed by atoms with Crippen LogP contribution in [0, 0.1) is 13.8 Å². The third kappa shape index (κ3) is 4.19. The number of aromatic nitrogens is 4. The largest absolute Gasteiger partial charge is 0.319 e. The van der Waals surface area contributed by atoms with Crippen LogP contribution < -0.4 is 10.9 Å². The van der Waals surface area contributed by atoms with Gasteiger partial charge in [-0.25, -0.2) is 4.52 Å². The number of aryl methyl sites for hydroxylation is 3. The van der Waals surface area contributed by atoms with Crippen LogP contribution in [0.3, 0.4) is 0 Å². The molecule has 0 saturated heterocycles. The lowest BCUT2D eigenvalue weighted by atomic mass is 10.1. The highest BCUT2D eigenvalue weighted by molar-refractivity contribution is 6.30. The second-order valence-electron chi connectivity index (χ2n) is 8.60. The van der Waals surface area contributed by atoms with Gasteiger partial charge in [0.1, 0.15) is 0 Å². The van der Waals surface area contributed by atoms with E-state index in [1.165, 1.54) is 4.52 Å². The first kappa shape index (κ1) is 22.8. The van der Waals surface area contributed by atoms with Crippen LogP contribution in [0.5, 0.6) is 0 Å². The average Bonchev–Trinajstić information content (AvgIpc) is 3.30. The van der Waals surface area contributed by atoms with Gasteiger partial charge < -0.3 is 5.32 Å². The Morgan fingerprint density at radius 2 is 1.80 bits per heavy atom. The molecule has 0 aliphatic heterocycles. The predicted octanol–water partition coefficient (Wildman–Crippen LogP) is 5.18. The number of fused-ring (bicyclic) bond motifs is 3. The molecule has 0 spiro atoms. The summed E-state index contributed by atoms with van der Waals surface area (Å²) >= 11 is 6.03. The van der Waals surface area contributed by atoms with Crippen LogP contribution >= 0.6 is 11.6 Å². The summed E-state index contributed by atoms with van der Waals surface area (Å²) in [5, 5.41) is 8.01. The molecule has 8 heteroatoms. The highest BCUT2D eigenvalue weighted by atomic mass is 35.5. The monoisotopic (exact) mass is 485 g/mol. The van der Waals surface area contributed by atoms with Crippen molar-refractivity contribution in [3.63, 3.8) is 0 Å². The predicted molar refractivity (Wildman–Crippen MR) is 139 cm³/mol. The van der Waals surface area contributed by atoms with Crippen LogP contribution in [0.2, 0.25) is 5.02 Å². The van der Waals surface area contributed by atoms with E-state index in [0.717, 1.165) is 34.4 Å². The molecule has 0 fully saturated rings. The molecule has 1 amide bonds. The van der Waals surface area contributed by atoms with Gasteiger partial charge >= 0.3 is 0 Å². The maximum atomic E-state index is 13.6. The third-order valence-electron chi connectivity index (χ3n) is 6.13. The minimum atomic E-state index is -0.457. The number of para-hydroxylation sites is 1. The summed E-state index contributed by atoms with van der Waals surface area (Å²) in [4.78, 5) is 31.1. The zero-order chi connectivity index (χ0) is 24.7. The average molecular weight is 486 g/mol. The zero-order valence-corrected chi connectivity index (χ0v) is 20.4. The number of amides is 1. The van der Waals surface area contributed by atoms with Gasteiger partial charge in [0.2, 0.25) is 11.5 Å². The lowest BCUT2D eigenvalue weighted by molar-refractivity contribution is 0.101. The maximum Gasteiger partial charge on any atom is 0.296 e. The Kier molecular flexibility index (Phi) is 5.86. The first-order valence-electron chi connectivity index (χ1n) is 11.4. The summed E-state index contributed by atoms with van der Waals surface area (Å²) in [7, 11) is 0. The van der Waals surface area contributed by atoms with Crippen molar-refractivity contribution in [3.8, 4) is 0 Å². The standard InChI is InChI=1S/C27H24ClN5O2/c1-4-19-7-5-6-17(3)23(19)29-26(34)24-30-25-27(35)32(15-18-9-11-20(28)12-10-18)22-14-16(2)8-13-21(22)33(25)31-24/h5-14H,4,15H2,1-3H3,(H,29,34). The molecular weight excluding hydrogens is 462 g/mol. The second-order valence-corrected chi connectivity index (χ2v) is 9.03. The molecule has 1 N–H and O–H groups in total. The van der Waals surface area contributed by atoms with Crippen LogP contribution in [-0.4, -0.2) is 25.1 Å². The van der Waals surface area contributed by atoms with Gasteiger partial charge in [-0.05, 0) is 66.8 Å². The van der Waals surface area contributed by atoms with Gasteiger partial charge in [0.25, 0.3) is 11.5 Å². The fourth-order valence-electron chi connectivity index (χ4n) is 4.27. The number of hydrogen-bond donors (Lipinski definition) is 1. The zero-order valence-electron chi connectivity index (χ0n) is 19.7. The molecule has 5 rings (SSSR count). The van der Waals surface area contributed by atoms with Gasteiger partial charge in [-0.15, -0.1) is 5.10 Å². The number of carbonyl (C=O) groups excluding carboxylic acids is 1. The molecule has 0 saturated carbocycles. The Hall–Kier alpha value is -3.97. The summed E-state index contributed by atoms with van der Waals surface area (Å²) in [5.74, 6) is -0.514. The molecule has 35 heavy (non-hydrogen) atoms. The van der Waals surface area contributed by atoms with Gasteiger partial charge in [0.15, 0.2) is 0 Å². The number of nitrogens with one attached hydrogen (secondary N) is 1. The van der Waals surface area contributed by atoms with Gasteiger partial charge in [0.05, 0.1) is 17.6 Å². The molecule has 2 heterocycles. The van der Waals surface area contributed by atoms with Crippen LogP contribution in [-0.2, 0) is 13.0 Å². The number of rotatable bonds is 5. The number of hydrogen-bond acceptors (Lipinski definition) is 4. The van der Waals surface area contributed by atoms with Gasteiger partial charge in [-0.2, -0.15) is 4.98 Å². The fourth-order valence-corrected chi connectivity index (χ4v) is 4.40. The van der Waals surface area contributed by atoms with E-state index in [2.05, 4.69) is 15.4 Å². The first-order chi connectivity index (χ1) is 16.9. The topological polar surface area (TPSA) is 81.3 Å². The molecule has 2 aromatic heterocycles. The number of anilines is 1. The number of nitrogens with zero attached hydrogens (tertiary/aromatic N) is 4. The van der Waals surface area contributed by atoms with E-state index in [1.54, 1.807) is 16.7 Å². The Labute approximate surface area is 207 Å². The van der Waals surface area contributed by atoms with Crippen molar-refractivity contribution in [1.29, 1.82) is 0 Å². The highest BCUT2D eigenvalue weighted by Crippen LogP contribution is 2.22. The summed E-state index contributed by atoms with van der Waals surface area (Å²) in [6.45, 7) is 6.28. The van der Waals surface area contributed by atoms with Crippen molar-refractivity contribution in [2.75, 3.05) is 5.32 Å². The van der Waals surface area contributed by atoms with Gasteiger partial charge in [0, 0.05) is 10.7 Å². The summed E-state index contributed by atoms with van der Waals surface area (Å²) < 4.78 is 3.12.